The molecule has 2 heterocycles. The first-order valence-electron chi connectivity index (χ1n) is 9.82. The zero-order chi connectivity index (χ0) is 21.7. The van der Waals surface area contributed by atoms with Gasteiger partial charge in [-0.3, -0.25) is 4.79 Å². The minimum atomic E-state index is -3.69. The largest absolute Gasteiger partial charge is 0.462 e. The average Bonchev–Trinajstić information content (AvgIpc) is 2.74. The number of esters is 1. The van der Waals surface area contributed by atoms with E-state index < -0.39 is 16.0 Å². The first-order valence-corrected chi connectivity index (χ1v) is 11.3. The number of carbonyl (C=O) groups excluding carboxylic acids is 2. The van der Waals surface area contributed by atoms with E-state index >= 15 is 0 Å². The number of benzene rings is 1. The normalized spacial score (nSPS) is 15.5. The van der Waals surface area contributed by atoms with Crippen molar-refractivity contribution in [2.75, 3.05) is 25.0 Å². The number of rotatable bonds is 6. The third kappa shape index (κ3) is 5.03. The number of ether oxygens (including phenoxy) is 1. The topological polar surface area (TPSA) is 106 Å². The van der Waals surface area contributed by atoms with Gasteiger partial charge in [-0.2, -0.15) is 4.31 Å². The van der Waals surface area contributed by atoms with Crippen LogP contribution in [-0.4, -0.2) is 49.3 Å². The molecule has 0 spiro atoms. The number of carbonyl (C=O) groups is 2. The van der Waals surface area contributed by atoms with Crippen molar-refractivity contribution in [1.29, 1.82) is 0 Å². The average molecular weight is 432 g/mol. The number of piperidine rings is 1. The summed E-state index contributed by atoms with van der Waals surface area (Å²) in [5.74, 6) is -0.415. The lowest BCUT2D eigenvalue weighted by Crippen LogP contribution is -2.41. The second-order valence-corrected chi connectivity index (χ2v) is 9.07. The summed E-state index contributed by atoms with van der Waals surface area (Å²) in [4.78, 5) is 28.5. The number of anilines is 1. The van der Waals surface area contributed by atoms with E-state index in [1.165, 1.54) is 28.6 Å². The molecule has 1 saturated heterocycles. The first kappa shape index (κ1) is 21.9. The molecule has 0 saturated carbocycles. The minimum Gasteiger partial charge on any atom is -0.462 e. The van der Waals surface area contributed by atoms with Gasteiger partial charge in [0.2, 0.25) is 15.9 Å². The molecule has 0 unspecified atom stereocenters. The van der Waals surface area contributed by atoms with Crippen LogP contribution in [0.1, 0.15) is 35.7 Å². The van der Waals surface area contributed by atoms with E-state index in [0.717, 1.165) is 5.56 Å². The molecule has 0 bridgehead atoms. The van der Waals surface area contributed by atoms with Crippen LogP contribution in [-0.2, 0) is 19.6 Å². The highest BCUT2D eigenvalue weighted by atomic mass is 32.2. The van der Waals surface area contributed by atoms with Crippen LogP contribution < -0.4 is 5.32 Å². The number of nitrogens with one attached hydrogen (secondary N) is 1. The molecule has 3 rings (SSSR count). The second-order valence-electron chi connectivity index (χ2n) is 7.13. The predicted molar refractivity (Wildman–Crippen MR) is 111 cm³/mol. The fourth-order valence-electron chi connectivity index (χ4n) is 3.32. The summed E-state index contributed by atoms with van der Waals surface area (Å²) in [6, 6.07) is 9.34. The van der Waals surface area contributed by atoms with Crippen LogP contribution in [0.4, 0.5) is 5.82 Å². The summed E-state index contributed by atoms with van der Waals surface area (Å²) in [5, 5.41) is 2.80. The molecular weight excluding hydrogens is 406 g/mol. The Bertz CT molecular complexity index is 1010. The fourth-order valence-corrected chi connectivity index (χ4v) is 4.79. The standard InChI is InChI=1S/C21H25N3O5S/c1-3-29-21(26)17-4-6-18(7-5-17)30(27,28)24-12-9-16(10-13-24)20(25)23-19-14-15(2)8-11-22-19/h4-8,11,14,16H,3,9-10,12-13H2,1-2H3,(H,22,23,25). The second kappa shape index (κ2) is 9.36. The molecule has 1 amide bonds. The molecule has 1 aliphatic heterocycles. The number of nitrogens with zero attached hydrogens (tertiary/aromatic N) is 2. The van der Waals surface area contributed by atoms with Gasteiger partial charge in [0.15, 0.2) is 0 Å². The number of amides is 1. The minimum absolute atomic E-state index is 0.113. The number of hydrogen-bond donors (Lipinski definition) is 1. The molecule has 160 valence electrons. The molecule has 0 aliphatic carbocycles. The van der Waals surface area contributed by atoms with Crippen LogP contribution in [0.2, 0.25) is 0 Å². The van der Waals surface area contributed by atoms with Crippen LogP contribution in [0.25, 0.3) is 0 Å². The van der Waals surface area contributed by atoms with Crippen molar-refractivity contribution >= 4 is 27.7 Å². The van der Waals surface area contributed by atoms with Crippen molar-refractivity contribution in [3.8, 4) is 0 Å². The lowest BCUT2D eigenvalue weighted by atomic mass is 9.97. The van der Waals surface area contributed by atoms with Crippen molar-refractivity contribution in [2.24, 2.45) is 5.92 Å². The SMILES string of the molecule is CCOC(=O)c1ccc(S(=O)(=O)N2CCC(C(=O)Nc3cc(C)ccn3)CC2)cc1. The Morgan fingerprint density at radius 1 is 1.17 bits per heavy atom. The van der Waals surface area contributed by atoms with Crippen molar-refractivity contribution < 1.29 is 22.7 Å². The number of pyridine rings is 1. The van der Waals surface area contributed by atoms with Gasteiger partial charge in [-0.15, -0.1) is 0 Å². The van der Waals surface area contributed by atoms with Gasteiger partial charge in [-0.1, -0.05) is 0 Å². The Labute approximate surface area is 176 Å². The van der Waals surface area contributed by atoms with Crippen LogP contribution in [0.3, 0.4) is 0 Å². The van der Waals surface area contributed by atoms with Gasteiger partial charge in [0.25, 0.3) is 0 Å². The molecular formula is C21H25N3O5S. The Balaban J connectivity index is 1.60. The summed E-state index contributed by atoms with van der Waals surface area (Å²) in [6.07, 6.45) is 2.49. The Morgan fingerprint density at radius 2 is 1.83 bits per heavy atom. The first-order chi connectivity index (χ1) is 14.3. The van der Waals surface area contributed by atoms with Crippen LogP contribution in [0.15, 0.2) is 47.5 Å². The summed E-state index contributed by atoms with van der Waals surface area (Å²) in [6.45, 7) is 4.38. The fraction of sp³-hybridized carbons (Fsp3) is 0.381. The molecule has 9 heteroatoms. The van der Waals surface area contributed by atoms with Crippen LogP contribution in [0.5, 0.6) is 0 Å². The van der Waals surface area contributed by atoms with Gasteiger partial charge < -0.3 is 10.1 Å². The maximum absolute atomic E-state index is 12.9. The van der Waals surface area contributed by atoms with E-state index in [0.29, 0.717) is 24.2 Å². The van der Waals surface area contributed by atoms with Crippen molar-refractivity contribution in [2.45, 2.75) is 31.6 Å². The third-order valence-electron chi connectivity index (χ3n) is 4.99. The van der Waals surface area contributed by atoms with Crippen molar-refractivity contribution in [3.05, 3.63) is 53.7 Å². The molecule has 1 aromatic heterocycles. The van der Waals surface area contributed by atoms with E-state index in [1.807, 2.05) is 13.0 Å². The van der Waals surface area contributed by atoms with E-state index in [2.05, 4.69) is 10.3 Å². The molecule has 1 N–H and O–H groups in total. The molecule has 1 aromatic carbocycles. The Morgan fingerprint density at radius 3 is 2.43 bits per heavy atom. The summed E-state index contributed by atoms with van der Waals surface area (Å²) in [7, 11) is -3.69. The maximum Gasteiger partial charge on any atom is 0.338 e. The van der Waals surface area contributed by atoms with Crippen LogP contribution in [0, 0.1) is 12.8 Å². The zero-order valence-corrected chi connectivity index (χ0v) is 17.8. The monoisotopic (exact) mass is 431 g/mol. The summed E-state index contributed by atoms with van der Waals surface area (Å²) < 4.78 is 32.1. The quantitative estimate of drug-likeness (QED) is 0.705. The predicted octanol–water partition coefficient (Wildman–Crippen LogP) is 2.61. The van der Waals surface area contributed by atoms with Gasteiger partial charge in [-0.05, 0) is 68.7 Å². The Hall–Kier alpha value is -2.78. The number of hydrogen-bond acceptors (Lipinski definition) is 6. The summed E-state index contributed by atoms with van der Waals surface area (Å²) in [5.41, 5.74) is 1.30. The van der Waals surface area contributed by atoms with E-state index in [9.17, 15) is 18.0 Å². The van der Waals surface area contributed by atoms with Crippen LogP contribution >= 0.6 is 0 Å². The van der Waals surface area contributed by atoms with E-state index in [4.69, 9.17) is 4.74 Å². The highest BCUT2D eigenvalue weighted by molar-refractivity contribution is 7.89. The highest BCUT2D eigenvalue weighted by Crippen LogP contribution is 2.25. The zero-order valence-electron chi connectivity index (χ0n) is 17.0. The Kier molecular flexibility index (Phi) is 6.84. The molecule has 1 fully saturated rings. The van der Waals surface area contributed by atoms with Gasteiger partial charge in [0, 0.05) is 25.2 Å². The van der Waals surface area contributed by atoms with Gasteiger partial charge in [0.1, 0.15) is 5.82 Å². The number of aromatic nitrogens is 1. The molecule has 2 aromatic rings. The third-order valence-corrected chi connectivity index (χ3v) is 6.91. The van der Waals surface area contributed by atoms with E-state index in [1.54, 1.807) is 19.2 Å². The molecule has 8 nitrogen and oxygen atoms in total. The molecule has 0 atom stereocenters. The van der Waals surface area contributed by atoms with Crippen molar-refractivity contribution in [1.82, 2.24) is 9.29 Å². The summed E-state index contributed by atoms with van der Waals surface area (Å²) >= 11 is 0. The molecule has 30 heavy (non-hydrogen) atoms. The van der Waals surface area contributed by atoms with E-state index in [-0.39, 0.29) is 36.4 Å². The lowest BCUT2D eigenvalue weighted by Gasteiger charge is -2.30. The van der Waals surface area contributed by atoms with Crippen molar-refractivity contribution in [3.63, 3.8) is 0 Å². The lowest BCUT2D eigenvalue weighted by molar-refractivity contribution is -0.120. The smallest absolute Gasteiger partial charge is 0.338 e. The highest BCUT2D eigenvalue weighted by Gasteiger charge is 2.32. The maximum atomic E-state index is 12.9. The molecule has 0 radical (unpaired) electrons. The van der Waals surface area contributed by atoms with Gasteiger partial charge in [0.05, 0.1) is 17.1 Å². The van der Waals surface area contributed by atoms with Gasteiger partial charge in [-0.25, -0.2) is 18.2 Å². The number of sulfonamides is 1. The molecule has 1 aliphatic rings. The number of aryl methyl sites for hydroxylation is 1. The van der Waals surface area contributed by atoms with Gasteiger partial charge >= 0.3 is 5.97 Å².